The number of furan rings is 1. The fourth-order valence-electron chi connectivity index (χ4n) is 3.27. The number of hydrogen-bond donors (Lipinski definition) is 1. The van der Waals surface area contributed by atoms with Crippen molar-refractivity contribution in [3.63, 3.8) is 0 Å². The van der Waals surface area contributed by atoms with Crippen LogP contribution in [0.3, 0.4) is 0 Å². The van der Waals surface area contributed by atoms with E-state index in [2.05, 4.69) is 5.16 Å². The Kier molecular flexibility index (Phi) is 5.48. The first-order chi connectivity index (χ1) is 14.9. The molecule has 7 nitrogen and oxygen atoms in total. The summed E-state index contributed by atoms with van der Waals surface area (Å²) in [5, 5.41) is 14.2. The summed E-state index contributed by atoms with van der Waals surface area (Å²) in [4.78, 5) is 12.0. The molecule has 0 spiro atoms. The highest BCUT2D eigenvalue weighted by atomic mass is 19.1. The lowest BCUT2D eigenvalue weighted by molar-refractivity contribution is 0.0513. The second-order valence-electron chi connectivity index (χ2n) is 7.21. The number of carboxylic acid groups (broad SMARTS) is 1. The first-order valence-electron chi connectivity index (χ1n) is 9.58. The fourth-order valence-corrected chi connectivity index (χ4v) is 3.27. The highest BCUT2D eigenvalue weighted by molar-refractivity contribution is 6.09. The summed E-state index contributed by atoms with van der Waals surface area (Å²) < 4.78 is 35.6. The van der Waals surface area contributed by atoms with Crippen molar-refractivity contribution in [3.8, 4) is 28.3 Å². The quantitative estimate of drug-likeness (QED) is 0.416. The van der Waals surface area contributed by atoms with E-state index in [1.54, 1.807) is 18.2 Å². The van der Waals surface area contributed by atoms with E-state index in [1.165, 1.54) is 31.4 Å². The Labute approximate surface area is 177 Å². The molecule has 0 saturated carbocycles. The smallest absolute Gasteiger partial charge is 0.340 e. The number of methoxy groups -OCH3 is 1. The number of aromatic carboxylic acids is 1. The van der Waals surface area contributed by atoms with Crippen LogP contribution in [0.1, 0.15) is 30.0 Å². The number of ether oxygens (including phenoxy) is 2. The van der Waals surface area contributed by atoms with Crippen LogP contribution in [0.15, 0.2) is 51.4 Å². The molecule has 0 fully saturated rings. The van der Waals surface area contributed by atoms with Gasteiger partial charge >= 0.3 is 5.97 Å². The van der Waals surface area contributed by atoms with Gasteiger partial charge in [0.05, 0.1) is 13.2 Å². The predicted octanol–water partition coefficient (Wildman–Crippen LogP) is 5.53. The lowest BCUT2D eigenvalue weighted by Gasteiger charge is -2.06. The van der Waals surface area contributed by atoms with Gasteiger partial charge in [-0.1, -0.05) is 5.16 Å². The number of fused-ring (bicyclic) bond motifs is 1. The van der Waals surface area contributed by atoms with E-state index in [4.69, 9.17) is 18.4 Å². The molecule has 0 bridgehead atoms. The molecule has 160 valence electrons. The molecule has 0 aliphatic heterocycles. The molecular weight excluding hydrogens is 405 g/mol. The number of nitrogens with zero attached hydrogens (tertiary/aromatic N) is 1. The number of aromatic nitrogens is 1. The molecule has 0 unspecified atom stereocenters. The third-order valence-electron chi connectivity index (χ3n) is 4.72. The minimum atomic E-state index is -1.16. The van der Waals surface area contributed by atoms with Crippen molar-refractivity contribution in [1.82, 2.24) is 5.16 Å². The van der Waals surface area contributed by atoms with Crippen molar-refractivity contribution in [2.75, 3.05) is 7.11 Å². The minimum Gasteiger partial charge on any atom is -0.496 e. The van der Waals surface area contributed by atoms with Gasteiger partial charge in [0.25, 0.3) is 0 Å². The predicted molar refractivity (Wildman–Crippen MR) is 111 cm³/mol. The van der Waals surface area contributed by atoms with Gasteiger partial charge in [0.1, 0.15) is 40.8 Å². The largest absolute Gasteiger partial charge is 0.496 e. The second kappa shape index (κ2) is 8.23. The maximum Gasteiger partial charge on any atom is 0.340 e. The van der Waals surface area contributed by atoms with Crippen molar-refractivity contribution in [3.05, 3.63) is 59.6 Å². The van der Waals surface area contributed by atoms with E-state index in [0.717, 1.165) is 0 Å². The van der Waals surface area contributed by atoms with E-state index in [9.17, 15) is 14.3 Å². The molecule has 2 heterocycles. The van der Waals surface area contributed by atoms with Crippen molar-refractivity contribution in [1.29, 1.82) is 0 Å². The molecule has 2 aromatic carbocycles. The number of rotatable bonds is 7. The zero-order valence-electron chi connectivity index (χ0n) is 17.1. The first-order valence-corrected chi connectivity index (χ1v) is 9.58. The van der Waals surface area contributed by atoms with E-state index in [1.807, 2.05) is 13.8 Å². The normalized spacial score (nSPS) is 11.4. The van der Waals surface area contributed by atoms with Crippen LogP contribution < -0.4 is 4.74 Å². The molecule has 0 saturated heterocycles. The van der Waals surface area contributed by atoms with Crippen LogP contribution in [-0.4, -0.2) is 29.4 Å². The SMILES string of the molecule is COc1cc2c(C(=O)O)c(-c3ccc(F)cc3)oc2cc1-c1cc(COC(C)C)on1. The Morgan fingerprint density at radius 2 is 1.94 bits per heavy atom. The molecule has 0 aliphatic carbocycles. The maximum atomic E-state index is 13.3. The highest BCUT2D eigenvalue weighted by Crippen LogP contribution is 2.40. The molecule has 4 aromatic rings. The molecule has 0 radical (unpaired) electrons. The van der Waals surface area contributed by atoms with Crippen molar-refractivity contribution in [2.45, 2.75) is 26.6 Å². The molecule has 1 N–H and O–H groups in total. The molecule has 0 atom stereocenters. The average molecular weight is 425 g/mol. The Morgan fingerprint density at radius 1 is 1.19 bits per heavy atom. The molecule has 0 aliphatic rings. The summed E-state index contributed by atoms with van der Waals surface area (Å²) in [5.74, 6) is -0.506. The summed E-state index contributed by atoms with van der Waals surface area (Å²) in [7, 11) is 1.48. The van der Waals surface area contributed by atoms with E-state index < -0.39 is 11.8 Å². The average Bonchev–Trinajstić information content (AvgIpc) is 3.36. The zero-order chi connectivity index (χ0) is 22.1. The van der Waals surface area contributed by atoms with Crippen molar-refractivity contribution >= 4 is 16.9 Å². The van der Waals surface area contributed by atoms with E-state index in [0.29, 0.717) is 39.3 Å². The topological polar surface area (TPSA) is 94.9 Å². The first kappa shape index (κ1) is 20.6. The van der Waals surface area contributed by atoms with Gasteiger partial charge in [-0.05, 0) is 50.2 Å². The number of halogens is 1. The maximum absolute atomic E-state index is 13.3. The van der Waals surface area contributed by atoms with Gasteiger partial charge in [-0.2, -0.15) is 0 Å². The van der Waals surface area contributed by atoms with Gasteiger partial charge in [-0.3, -0.25) is 0 Å². The standard InChI is InChI=1S/C23H20FNO6/c1-12(2)29-11-15-8-18(25-31-15)16-9-20-17(10-19(16)28-3)21(23(26)27)22(30-20)13-4-6-14(24)7-5-13/h4-10,12H,11H2,1-3H3,(H,26,27). The summed E-state index contributed by atoms with van der Waals surface area (Å²) in [5.41, 5.74) is 1.82. The van der Waals surface area contributed by atoms with Crippen LogP contribution in [0, 0.1) is 5.82 Å². The lowest BCUT2D eigenvalue weighted by Crippen LogP contribution is -2.01. The molecular formula is C23H20FNO6. The minimum absolute atomic E-state index is 0.0300. The van der Waals surface area contributed by atoms with Crippen LogP contribution >= 0.6 is 0 Å². The van der Waals surface area contributed by atoms with E-state index >= 15 is 0 Å². The van der Waals surface area contributed by atoms with E-state index in [-0.39, 0.29) is 24.0 Å². The van der Waals surface area contributed by atoms with Crippen LogP contribution in [-0.2, 0) is 11.3 Å². The summed E-state index contributed by atoms with van der Waals surface area (Å²) >= 11 is 0. The van der Waals surface area contributed by atoms with Crippen molar-refractivity contribution < 1.29 is 32.7 Å². The highest BCUT2D eigenvalue weighted by Gasteiger charge is 2.24. The Morgan fingerprint density at radius 3 is 2.58 bits per heavy atom. The Hall–Kier alpha value is -3.65. The summed E-state index contributed by atoms with van der Waals surface area (Å²) in [6.07, 6.45) is 0.0434. The Bertz CT molecular complexity index is 1240. The molecule has 31 heavy (non-hydrogen) atoms. The van der Waals surface area contributed by atoms with Crippen LogP contribution in [0.5, 0.6) is 5.75 Å². The van der Waals surface area contributed by atoms with Gasteiger partial charge < -0.3 is 23.5 Å². The van der Waals surface area contributed by atoms with Gasteiger partial charge in [0, 0.05) is 22.6 Å². The second-order valence-corrected chi connectivity index (χ2v) is 7.21. The number of carboxylic acids is 1. The summed E-state index contributed by atoms with van der Waals surface area (Å²) in [6, 6.07) is 10.4. The zero-order valence-corrected chi connectivity index (χ0v) is 17.1. The van der Waals surface area contributed by atoms with Gasteiger partial charge in [0.2, 0.25) is 0 Å². The molecule has 2 aromatic heterocycles. The van der Waals surface area contributed by atoms with Crippen molar-refractivity contribution in [2.24, 2.45) is 0 Å². The number of carbonyl (C=O) groups is 1. The van der Waals surface area contributed by atoms with Crippen LogP contribution in [0.2, 0.25) is 0 Å². The third-order valence-corrected chi connectivity index (χ3v) is 4.72. The van der Waals surface area contributed by atoms with Gasteiger partial charge in [-0.25, -0.2) is 9.18 Å². The summed E-state index contributed by atoms with van der Waals surface area (Å²) in [6.45, 7) is 4.11. The van der Waals surface area contributed by atoms with Crippen LogP contribution in [0.25, 0.3) is 33.6 Å². The molecule has 0 amide bonds. The monoisotopic (exact) mass is 425 g/mol. The number of hydrogen-bond acceptors (Lipinski definition) is 6. The van der Waals surface area contributed by atoms with Crippen LogP contribution in [0.4, 0.5) is 4.39 Å². The molecule has 8 heteroatoms. The van der Waals surface area contributed by atoms with Gasteiger partial charge in [-0.15, -0.1) is 0 Å². The lowest BCUT2D eigenvalue weighted by atomic mass is 10.0. The Balaban J connectivity index is 1.84. The third kappa shape index (κ3) is 4.02. The fraction of sp³-hybridized carbons (Fsp3) is 0.217. The number of benzene rings is 2. The molecule has 4 rings (SSSR count). The van der Waals surface area contributed by atoms with Gasteiger partial charge in [0.15, 0.2) is 5.76 Å².